The maximum atomic E-state index is 13.4. The van der Waals surface area contributed by atoms with Crippen molar-refractivity contribution >= 4 is 88.0 Å². The molecule has 4 saturated heterocycles. The molecule has 9 aromatic carbocycles. The molecule has 26 heteroatoms. The molecule has 630 valence electrons. The maximum Gasteiger partial charge on any atom is 0.303 e. The lowest BCUT2D eigenvalue weighted by Crippen LogP contribution is -2.45. The minimum atomic E-state index is -1.06. The quantitative estimate of drug-likeness (QED) is 0.0479. The standard InChI is InChI=1S/C26H25ClN2O4.C24H30N2O3.C22H23ClN2O5.C22H25ClN2O3/c1-28-25(19-10-12-20(27)13-11-19)29(24(30)17-33-22-6-4-3-5-7-22)23(26(28)31)16-18-8-14-21(32-2)15-9-18;1-4-8-23(27)26-21(17-19-11-14-20(29-3)15-12-19)24(28)25(2)22(26)16-13-18-9-6-5-7-10-18;1-24-21(15-5-7-16(23)8-6-15)25(19(26)11-12-20(27)28)18(22(24)29)13-14-3-9-17(30-2)10-4-14;1-4-5-20(26)25-19(14-15-6-12-18(28-3)13-7-15)22(27)24(2)21(25)16-8-10-17(23)11-9-16/h3-15,23,25H,16-17H2,1-2H3;5-7,9-12,14-15,21-22H,4,8,13,16-17H2,1-3H3;3-10,18,21H,11-13H2,1-2H3,(H,27,28);6-13,19,21H,4-5,14H2,1-3H3. The summed E-state index contributed by atoms with van der Waals surface area (Å²) < 4.78 is 26.5. The second kappa shape index (κ2) is 43.2. The Morgan fingerprint density at radius 2 is 0.625 bits per heavy atom. The van der Waals surface area contributed by atoms with E-state index in [4.69, 9.17) is 63.6 Å². The predicted molar refractivity (Wildman–Crippen MR) is 460 cm³/mol. The summed E-state index contributed by atoms with van der Waals surface area (Å²) in [6, 6.07) is 68.6. The molecular formula is C94H103Cl3N8O15. The molecule has 4 aliphatic heterocycles. The van der Waals surface area contributed by atoms with Gasteiger partial charge >= 0.3 is 5.97 Å². The summed E-state index contributed by atoms with van der Waals surface area (Å²) in [5, 5.41) is 10.8. The third-order valence-corrected chi connectivity index (χ3v) is 22.4. The number of hydrogen-bond donors (Lipinski definition) is 1. The van der Waals surface area contributed by atoms with Crippen LogP contribution in [0.25, 0.3) is 0 Å². The van der Waals surface area contributed by atoms with Gasteiger partial charge < -0.3 is 68.0 Å². The van der Waals surface area contributed by atoms with Crippen LogP contribution in [0, 0.1) is 0 Å². The summed E-state index contributed by atoms with van der Waals surface area (Å²) in [4.78, 5) is 129. The highest BCUT2D eigenvalue weighted by molar-refractivity contribution is 6.31. The van der Waals surface area contributed by atoms with E-state index in [1.165, 1.54) is 15.4 Å². The van der Waals surface area contributed by atoms with Crippen LogP contribution in [0.3, 0.4) is 0 Å². The van der Waals surface area contributed by atoms with Crippen molar-refractivity contribution in [2.24, 2.45) is 0 Å². The number of benzene rings is 9. The van der Waals surface area contributed by atoms with Crippen molar-refractivity contribution in [3.05, 3.63) is 290 Å². The molecule has 1 N–H and O–H groups in total. The SMILES string of the molecule is CCCC(=O)N1C(Cc2ccc(OC)cc2)C(=O)N(C)C1CCc1ccccc1.CCCC(=O)N1C(Cc2ccc(OC)cc2)C(=O)N(C)C1c1ccc(Cl)cc1.COc1ccc(CC2C(=O)N(C)C(c3ccc(Cl)cc3)N2C(=O)CCC(=O)O)cc1.COc1ccc(CC2C(=O)N(C)C(c3ccc(Cl)cc3)N2C(=O)COc2ccccc2)cc1. The molecule has 8 atom stereocenters. The molecule has 4 aliphatic rings. The molecule has 8 amide bonds. The van der Waals surface area contributed by atoms with Gasteiger partial charge in [-0.3, -0.25) is 43.2 Å². The van der Waals surface area contributed by atoms with Crippen LogP contribution in [-0.2, 0) is 75.3 Å². The number of carbonyl (C=O) groups is 9. The number of rotatable bonds is 28. The van der Waals surface area contributed by atoms with Gasteiger partial charge in [0.15, 0.2) is 6.61 Å². The first-order chi connectivity index (χ1) is 57.8. The number of aryl methyl sites for hydroxylation is 1. The molecule has 4 heterocycles. The Morgan fingerprint density at radius 1 is 0.333 bits per heavy atom. The highest BCUT2D eigenvalue weighted by Crippen LogP contribution is 2.41. The fourth-order valence-corrected chi connectivity index (χ4v) is 15.8. The fourth-order valence-electron chi connectivity index (χ4n) is 15.4. The molecule has 8 unspecified atom stereocenters. The number of nitrogens with zero attached hydrogens (tertiary/aromatic N) is 8. The number of ether oxygens (including phenoxy) is 5. The number of methoxy groups -OCH3 is 4. The van der Waals surface area contributed by atoms with E-state index < -0.39 is 48.6 Å². The molecule has 0 aromatic heterocycles. The van der Waals surface area contributed by atoms with E-state index in [9.17, 15) is 43.2 Å². The highest BCUT2D eigenvalue weighted by Gasteiger charge is 2.51. The zero-order valence-corrected chi connectivity index (χ0v) is 71.4. The summed E-state index contributed by atoms with van der Waals surface area (Å²) in [6.07, 6.45) is 3.34. The largest absolute Gasteiger partial charge is 0.497 e. The third kappa shape index (κ3) is 22.7. The molecule has 0 bridgehead atoms. The summed E-state index contributed by atoms with van der Waals surface area (Å²) in [7, 11) is 13.4. The molecule has 4 fully saturated rings. The summed E-state index contributed by atoms with van der Waals surface area (Å²) >= 11 is 18.1. The van der Waals surface area contributed by atoms with Crippen LogP contribution in [0.1, 0.15) is 122 Å². The maximum absolute atomic E-state index is 13.4. The van der Waals surface area contributed by atoms with Gasteiger partial charge in [-0.2, -0.15) is 0 Å². The van der Waals surface area contributed by atoms with Crippen molar-refractivity contribution in [1.82, 2.24) is 39.2 Å². The van der Waals surface area contributed by atoms with Gasteiger partial charge in [-0.15, -0.1) is 0 Å². The zero-order valence-electron chi connectivity index (χ0n) is 69.1. The van der Waals surface area contributed by atoms with Crippen molar-refractivity contribution in [3.63, 3.8) is 0 Å². The molecule has 13 rings (SSSR count). The third-order valence-electron chi connectivity index (χ3n) is 21.7. The zero-order chi connectivity index (χ0) is 86.3. The first-order valence-corrected chi connectivity index (χ1v) is 41.0. The lowest BCUT2D eigenvalue weighted by Gasteiger charge is -2.30. The number of para-hydroxylation sites is 1. The van der Waals surface area contributed by atoms with E-state index in [0.717, 1.165) is 81.9 Å². The first-order valence-electron chi connectivity index (χ1n) is 39.8. The molecular weight excluding hydrogens is 1590 g/mol. The number of halogens is 3. The molecule has 120 heavy (non-hydrogen) atoms. The molecule has 0 radical (unpaired) electrons. The van der Waals surface area contributed by atoms with Crippen LogP contribution in [0.2, 0.25) is 15.1 Å². The Labute approximate surface area is 716 Å². The van der Waals surface area contributed by atoms with E-state index in [1.54, 1.807) is 147 Å². The molecule has 9 aromatic rings. The highest BCUT2D eigenvalue weighted by atomic mass is 35.5. The van der Waals surface area contributed by atoms with Crippen molar-refractivity contribution in [2.75, 3.05) is 63.2 Å². The Morgan fingerprint density at radius 3 is 0.942 bits per heavy atom. The van der Waals surface area contributed by atoms with Crippen LogP contribution < -0.4 is 23.7 Å². The van der Waals surface area contributed by atoms with Gasteiger partial charge in [-0.1, -0.05) is 182 Å². The van der Waals surface area contributed by atoms with E-state index in [0.29, 0.717) is 65.1 Å². The van der Waals surface area contributed by atoms with E-state index in [1.807, 2.05) is 171 Å². The van der Waals surface area contributed by atoms with Crippen LogP contribution in [0.15, 0.2) is 231 Å². The number of carboxylic acid groups (broad SMARTS) is 1. The van der Waals surface area contributed by atoms with Crippen molar-refractivity contribution in [1.29, 1.82) is 0 Å². The Bertz CT molecular complexity index is 4920. The van der Waals surface area contributed by atoms with Gasteiger partial charge in [0.25, 0.3) is 5.91 Å². The minimum absolute atomic E-state index is 0.0151. The molecule has 0 aliphatic carbocycles. The number of carboxylic acids is 1. The van der Waals surface area contributed by atoms with E-state index in [-0.39, 0.29) is 72.9 Å². The van der Waals surface area contributed by atoms with Crippen LogP contribution in [0.5, 0.6) is 28.7 Å². The number of aliphatic carboxylic acids is 1. The topological polar surface area (TPSA) is 246 Å². The lowest BCUT2D eigenvalue weighted by molar-refractivity contribution is -0.142. The second-order valence-corrected chi connectivity index (χ2v) is 30.9. The number of likely N-dealkylation sites (N-methyl/N-ethyl adjacent to an activating group) is 4. The van der Waals surface area contributed by atoms with E-state index in [2.05, 4.69) is 12.1 Å². The van der Waals surface area contributed by atoms with Crippen molar-refractivity contribution in [3.8, 4) is 28.7 Å². The average Bonchev–Trinajstić information content (AvgIpc) is 1.64. The van der Waals surface area contributed by atoms with Gasteiger partial charge in [-0.05, 0) is 167 Å². The number of amides is 8. The molecule has 0 spiro atoms. The molecule has 0 saturated carbocycles. The van der Waals surface area contributed by atoms with Gasteiger partial charge in [0.05, 0.1) is 34.9 Å². The number of hydrogen-bond acceptors (Lipinski definition) is 14. The number of carbonyl (C=O) groups excluding carboxylic acids is 8. The normalized spacial score (nSPS) is 18.6. The van der Waals surface area contributed by atoms with Gasteiger partial charge in [0.2, 0.25) is 41.4 Å². The smallest absolute Gasteiger partial charge is 0.303 e. The van der Waals surface area contributed by atoms with Crippen molar-refractivity contribution < 1.29 is 71.9 Å². The lowest BCUT2D eigenvalue weighted by atomic mass is 10.0. The Kier molecular flexibility index (Phi) is 32.5. The average molecular weight is 1690 g/mol. The van der Waals surface area contributed by atoms with Gasteiger partial charge in [-0.25, -0.2) is 0 Å². The minimum Gasteiger partial charge on any atom is -0.497 e. The Balaban J connectivity index is 0.000000168. The van der Waals surface area contributed by atoms with Crippen LogP contribution >= 0.6 is 34.8 Å². The fraction of sp³-hybridized carbons (Fsp3) is 0.330. The Hall–Kier alpha value is -11.9. The summed E-state index contributed by atoms with van der Waals surface area (Å²) in [6.45, 7) is 3.79. The van der Waals surface area contributed by atoms with E-state index >= 15 is 0 Å². The molecule has 23 nitrogen and oxygen atoms in total. The summed E-state index contributed by atoms with van der Waals surface area (Å²) in [5.41, 5.74) is 7.44. The van der Waals surface area contributed by atoms with Gasteiger partial charge in [0.1, 0.15) is 77.6 Å². The van der Waals surface area contributed by atoms with Gasteiger partial charge in [0, 0.05) is 88.2 Å². The van der Waals surface area contributed by atoms with Crippen molar-refractivity contribution in [2.45, 2.75) is 140 Å². The second-order valence-electron chi connectivity index (χ2n) is 29.5. The van der Waals surface area contributed by atoms with Crippen LogP contribution in [0.4, 0.5) is 0 Å². The summed E-state index contributed by atoms with van der Waals surface area (Å²) in [5.74, 6) is 1.54. The van der Waals surface area contributed by atoms with Crippen LogP contribution in [-0.4, -0.2) is 191 Å². The first kappa shape index (κ1) is 90.4. The monoisotopic (exact) mass is 1690 g/mol. The predicted octanol–water partition coefficient (Wildman–Crippen LogP) is 15.2.